The van der Waals surface area contributed by atoms with Gasteiger partial charge in [-0.25, -0.2) is 4.98 Å². The molecule has 1 heterocycles. The highest BCUT2D eigenvalue weighted by Gasteiger charge is 2.32. The van der Waals surface area contributed by atoms with Gasteiger partial charge >= 0.3 is 6.18 Å². The maximum Gasteiger partial charge on any atom is 0.433 e. The summed E-state index contributed by atoms with van der Waals surface area (Å²) < 4.78 is 35.6. The van der Waals surface area contributed by atoms with Gasteiger partial charge in [-0.3, -0.25) is 0 Å². The summed E-state index contributed by atoms with van der Waals surface area (Å²) in [6, 6.07) is 3.46. The summed E-state index contributed by atoms with van der Waals surface area (Å²) in [5.41, 5.74) is -0.940. The quantitative estimate of drug-likeness (QED) is 0.595. The number of hydrogen-bond donors (Lipinski definition) is 0. The van der Waals surface area contributed by atoms with Crippen LogP contribution in [0, 0.1) is 0 Å². The van der Waals surface area contributed by atoms with Crippen LogP contribution in [0.3, 0.4) is 0 Å². The van der Waals surface area contributed by atoms with E-state index in [0.717, 1.165) is 6.07 Å². The summed E-state index contributed by atoms with van der Waals surface area (Å²) in [6.07, 6.45) is -4.39. The molecule has 1 nitrogen and oxygen atoms in total. The van der Waals surface area contributed by atoms with E-state index in [9.17, 15) is 13.2 Å². The van der Waals surface area contributed by atoms with Gasteiger partial charge in [-0.05, 0) is 12.1 Å². The van der Waals surface area contributed by atoms with E-state index in [1.54, 1.807) is 0 Å². The molecule has 1 radical (unpaired) electrons. The van der Waals surface area contributed by atoms with Crippen molar-refractivity contribution in [1.82, 2.24) is 4.98 Å². The molecule has 0 saturated heterocycles. The minimum atomic E-state index is -4.39. The van der Waals surface area contributed by atoms with E-state index in [0.29, 0.717) is 0 Å². The van der Waals surface area contributed by atoms with Gasteiger partial charge in [0, 0.05) is 0 Å². The molecule has 1 aromatic heterocycles. The standard InChI is InChI=1S/C6H3F3NS/c7-6(8,9)4-2-1-3-5(11)10-4/h1-3H. The summed E-state index contributed by atoms with van der Waals surface area (Å²) >= 11 is 4.46. The normalized spacial score (nSPS) is 11.5. The van der Waals surface area contributed by atoms with Crippen LogP contribution in [0.25, 0.3) is 0 Å². The zero-order chi connectivity index (χ0) is 8.48. The van der Waals surface area contributed by atoms with Crippen molar-refractivity contribution in [1.29, 1.82) is 0 Å². The molecule has 0 atom stereocenters. The number of alkyl halides is 3. The Morgan fingerprint density at radius 1 is 1.27 bits per heavy atom. The molecule has 0 aromatic carbocycles. The Balaban J connectivity index is 3.06. The highest BCUT2D eigenvalue weighted by atomic mass is 32.1. The molecule has 5 heteroatoms. The topological polar surface area (TPSA) is 12.9 Å². The number of rotatable bonds is 0. The first-order valence-corrected chi connectivity index (χ1v) is 3.12. The van der Waals surface area contributed by atoms with Crippen molar-refractivity contribution >= 4 is 12.6 Å². The zero-order valence-corrected chi connectivity index (χ0v) is 6.04. The first-order chi connectivity index (χ1) is 5.00. The fourth-order valence-electron chi connectivity index (χ4n) is 0.573. The van der Waals surface area contributed by atoms with Crippen molar-refractivity contribution in [2.75, 3.05) is 0 Å². The van der Waals surface area contributed by atoms with Crippen LogP contribution in [0.5, 0.6) is 0 Å². The Morgan fingerprint density at radius 3 is 2.27 bits per heavy atom. The third kappa shape index (κ3) is 2.04. The first-order valence-electron chi connectivity index (χ1n) is 2.71. The van der Waals surface area contributed by atoms with Crippen LogP contribution in [0.1, 0.15) is 5.69 Å². The molecule has 0 aliphatic heterocycles. The lowest BCUT2D eigenvalue weighted by atomic mass is 10.3. The molecular weight excluding hydrogens is 175 g/mol. The van der Waals surface area contributed by atoms with Gasteiger partial charge in [0.05, 0.1) is 0 Å². The second-order valence-electron chi connectivity index (χ2n) is 1.86. The van der Waals surface area contributed by atoms with Gasteiger partial charge in [-0.2, -0.15) is 13.2 Å². The van der Waals surface area contributed by atoms with Crippen LogP contribution in [0.15, 0.2) is 23.2 Å². The molecule has 0 aliphatic rings. The lowest BCUT2D eigenvalue weighted by molar-refractivity contribution is -0.141. The summed E-state index contributed by atoms with van der Waals surface area (Å²) in [5.74, 6) is 0. The summed E-state index contributed by atoms with van der Waals surface area (Å²) in [5, 5.41) is -0.0418. The van der Waals surface area contributed by atoms with Gasteiger partial charge in [0.1, 0.15) is 10.7 Å². The fourth-order valence-corrected chi connectivity index (χ4v) is 0.750. The van der Waals surface area contributed by atoms with E-state index >= 15 is 0 Å². The molecule has 0 saturated carbocycles. The molecule has 0 unspecified atom stereocenters. The SMILES string of the molecule is FC(F)(F)c1cccc([S])n1. The van der Waals surface area contributed by atoms with Crippen molar-refractivity contribution in [3.63, 3.8) is 0 Å². The van der Waals surface area contributed by atoms with E-state index in [1.165, 1.54) is 12.1 Å². The Hall–Kier alpha value is -0.840. The average Bonchev–Trinajstić information content (AvgIpc) is 1.86. The molecule has 1 aromatic rings. The van der Waals surface area contributed by atoms with Crippen molar-refractivity contribution in [2.24, 2.45) is 0 Å². The molecule has 0 bridgehead atoms. The van der Waals surface area contributed by atoms with E-state index in [4.69, 9.17) is 0 Å². The fraction of sp³-hybridized carbons (Fsp3) is 0.167. The maximum atomic E-state index is 11.9. The van der Waals surface area contributed by atoms with Gasteiger partial charge in [0.2, 0.25) is 0 Å². The van der Waals surface area contributed by atoms with E-state index < -0.39 is 11.9 Å². The molecule has 0 aliphatic carbocycles. The van der Waals surface area contributed by atoms with Crippen LogP contribution in [-0.4, -0.2) is 4.98 Å². The van der Waals surface area contributed by atoms with Crippen LogP contribution < -0.4 is 0 Å². The van der Waals surface area contributed by atoms with Crippen molar-refractivity contribution < 1.29 is 13.2 Å². The Bertz CT molecular complexity index is 258. The Labute approximate surface area is 66.7 Å². The molecule has 0 fully saturated rings. The van der Waals surface area contributed by atoms with Gasteiger partial charge < -0.3 is 0 Å². The van der Waals surface area contributed by atoms with E-state index in [-0.39, 0.29) is 5.03 Å². The van der Waals surface area contributed by atoms with Crippen molar-refractivity contribution in [3.8, 4) is 0 Å². The molecule has 0 spiro atoms. The zero-order valence-electron chi connectivity index (χ0n) is 5.22. The summed E-state index contributed by atoms with van der Waals surface area (Å²) in [6.45, 7) is 0. The van der Waals surface area contributed by atoms with Crippen molar-refractivity contribution in [3.05, 3.63) is 23.9 Å². The molecule has 1 rings (SSSR count). The Morgan fingerprint density at radius 2 is 1.91 bits per heavy atom. The molecule has 59 valence electrons. The highest BCUT2D eigenvalue weighted by Crippen LogP contribution is 2.27. The average molecular weight is 178 g/mol. The Kier molecular flexibility index (Phi) is 1.99. The predicted molar refractivity (Wildman–Crippen MR) is 35.1 cm³/mol. The number of aromatic nitrogens is 1. The lowest BCUT2D eigenvalue weighted by Gasteiger charge is -2.03. The highest BCUT2D eigenvalue weighted by molar-refractivity contribution is 7.80. The largest absolute Gasteiger partial charge is 0.433 e. The van der Waals surface area contributed by atoms with Gasteiger partial charge in [0.25, 0.3) is 0 Å². The van der Waals surface area contributed by atoms with Gasteiger partial charge in [-0.15, -0.1) is 0 Å². The lowest BCUT2D eigenvalue weighted by Crippen LogP contribution is -2.07. The third-order valence-electron chi connectivity index (χ3n) is 1.01. The van der Waals surface area contributed by atoms with E-state index in [1.807, 2.05) is 0 Å². The van der Waals surface area contributed by atoms with Crippen molar-refractivity contribution in [2.45, 2.75) is 11.2 Å². The van der Waals surface area contributed by atoms with Crippen LogP contribution >= 0.6 is 12.6 Å². The number of nitrogens with zero attached hydrogens (tertiary/aromatic N) is 1. The number of halogens is 3. The number of pyridine rings is 1. The summed E-state index contributed by atoms with van der Waals surface area (Å²) in [4.78, 5) is 3.13. The molecular formula is C6H3F3NS. The van der Waals surface area contributed by atoms with Crippen LogP contribution in [-0.2, 0) is 6.18 Å². The molecule has 0 N–H and O–H groups in total. The minimum Gasteiger partial charge on any atom is -0.232 e. The number of hydrogen-bond acceptors (Lipinski definition) is 1. The predicted octanol–water partition coefficient (Wildman–Crippen LogP) is 2.66. The first kappa shape index (κ1) is 8.26. The minimum absolute atomic E-state index is 0.0418. The van der Waals surface area contributed by atoms with Gasteiger partial charge in [-0.1, -0.05) is 18.7 Å². The van der Waals surface area contributed by atoms with Crippen LogP contribution in [0.4, 0.5) is 13.2 Å². The third-order valence-corrected chi connectivity index (χ3v) is 1.24. The van der Waals surface area contributed by atoms with E-state index in [2.05, 4.69) is 17.6 Å². The van der Waals surface area contributed by atoms with Crippen LogP contribution in [0.2, 0.25) is 0 Å². The molecule has 11 heavy (non-hydrogen) atoms. The second kappa shape index (κ2) is 2.65. The maximum absolute atomic E-state index is 11.9. The summed E-state index contributed by atoms with van der Waals surface area (Å²) in [7, 11) is 0. The molecule has 0 amide bonds. The van der Waals surface area contributed by atoms with Gasteiger partial charge in [0.15, 0.2) is 0 Å². The smallest absolute Gasteiger partial charge is 0.232 e. The monoisotopic (exact) mass is 178 g/mol. The second-order valence-corrected chi connectivity index (χ2v) is 2.28.